The van der Waals surface area contributed by atoms with Crippen LogP contribution in [0.2, 0.25) is 10.0 Å². The number of hydrogen-bond acceptors (Lipinski definition) is 2. The van der Waals surface area contributed by atoms with E-state index in [1.54, 1.807) is 17.0 Å². The van der Waals surface area contributed by atoms with Crippen molar-refractivity contribution in [3.63, 3.8) is 0 Å². The lowest BCUT2D eigenvalue weighted by molar-refractivity contribution is -0.136. The summed E-state index contributed by atoms with van der Waals surface area (Å²) in [4.78, 5) is 14.4. The largest absolute Gasteiger partial charge is 0.340 e. The fraction of sp³-hybridized carbons (Fsp3) is 0.562. The molecule has 1 aliphatic rings. The molecule has 1 fully saturated rings. The third-order valence-corrected chi connectivity index (χ3v) is 4.76. The predicted octanol–water partition coefficient (Wildman–Crippen LogP) is 3.73. The van der Waals surface area contributed by atoms with Crippen LogP contribution in [0.25, 0.3) is 0 Å². The first-order chi connectivity index (χ1) is 9.81. The van der Waals surface area contributed by atoms with Gasteiger partial charge in [-0.05, 0) is 42.5 Å². The topological polar surface area (TPSA) is 32.3 Å². The van der Waals surface area contributed by atoms with Crippen molar-refractivity contribution in [1.29, 1.82) is 0 Å². The van der Waals surface area contributed by atoms with Crippen LogP contribution in [-0.4, -0.2) is 30.4 Å². The fourth-order valence-electron chi connectivity index (χ4n) is 2.84. The Morgan fingerprint density at radius 1 is 1.43 bits per heavy atom. The molecule has 116 valence electrons. The van der Waals surface area contributed by atoms with Crippen molar-refractivity contribution < 1.29 is 4.79 Å². The number of hydrogen-bond donors (Lipinski definition) is 1. The Kier molecular flexibility index (Phi) is 5.18. The molecule has 1 amide bonds. The number of likely N-dealkylation sites (N-methyl/N-ethyl adjacent to an activating group) is 1. The van der Waals surface area contributed by atoms with E-state index in [2.05, 4.69) is 19.2 Å². The van der Waals surface area contributed by atoms with Crippen molar-refractivity contribution in [2.24, 2.45) is 5.41 Å². The number of halogens is 2. The van der Waals surface area contributed by atoms with Gasteiger partial charge in [0.15, 0.2) is 0 Å². The second-order valence-corrected chi connectivity index (χ2v) is 7.25. The van der Waals surface area contributed by atoms with Gasteiger partial charge in [0.25, 0.3) is 0 Å². The van der Waals surface area contributed by atoms with E-state index in [1.165, 1.54) is 0 Å². The number of carbonyl (C=O) groups excluding carboxylic acids is 1. The van der Waals surface area contributed by atoms with Crippen LogP contribution in [0.5, 0.6) is 0 Å². The normalized spacial score (nSPS) is 21.1. The van der Waals surface area contributed by atoms with Crippen molar-refractivity contribution in [3.05, 3.63) is 33.8 Å². The Morgan fingerprint density at radius 2 is 2.14 bits per heavy atom. The fourth-order valence-corrected chi connectivity index (χ4v) is 3.30. The summed E-state index contributed by atoms with van der Waals surface area (Å²) >= 11 is 12.1. The van der Waals surface area contributed by atoms with Crippen LogP contribution in [0.3, 0.4) is 0 Å². The average Bonchev–Trinajstić information content (AvgIpc) is 2.40. The average molecular weight is 329 g/mol. The van der Waals surface area contributed by atoms with E-state index in [-0.39, 0.29) is 17.4 Å². The molecule has 1 N–H and O–H groups in total. The third-order valence-electron chi connectivity index (χ3n) is 4.17. The summed E-state index contributed by atoms with van der Waals surface area (Å²) < 4.78 is 0. The second-order valence-electron chi connectivity index (χ2n) is 6.41. The van der Waals surface area contributed by atoms with Gasteiger partial charge < -0.3 is 10.2 Å². The summed E-state index contributed by atoms with van der Waals surface area (Å²) in [6, 6.07) is 5.24. The van der Waals surface area contributed by atoms with Gasteiger partial charge in [-0.1, -0.05) is 43.1 Å². The molecule has 1 unspecified atom stereocenters. The monoisotopic (exact) mass is 328 g/mol. The maximum Gasteiger partial charge on any atom is 0.240 e. The molecular weight excluding hydrogens is 307 g/mol. The zero-order valence-corrected chi connectivity index (χ0v) is 14.3. The minimum Gasteiger partial charge on any atom is -0.340 e. The van der Waals surface area contributed by atoms with Gasteiger partial charge in [0, 0.05) is 23.6 Å². The first-order valence-electron chi connectivity index (χ1n) is 7.23. The standard InChI is InChI=1S/C16H22Cl2N2O/c1-16(2)7-4-8-19-14(16)15(21)20(3)10-11-5-6-12(17)9-13(11)18/h5-6,9,14,19H,4,7-8,10H2,1-3H3. The third kappa shape index (κ3) is 3.91. The highest BCUT2D eigenvalue weighted by Gasteiger charge is 2.38. The molecule has 21 heavy (non-hydrogen) atoms. The molecule has 1 atom stereocenters. The lowest BCUT2D eigenvalue weighted by atomic mass is 9.77. The second kappa shape index (κ2) is 6.55. The van der Waals surface area contributed by atoms with Crippen LogP contribution in [-0.2, 0) is 11.3 Å². The summed E-state index contributed by atoms with van der Waals surface area (Å²) in [7, 11) is 1.82. The van der Waals surface area contributed by atoms with Crippen LogP contribution in [0, 0.1) is 5.41 Å². The molecule has 0 saturated carbocycles. The van der Waals surface area contributed by atoms with Gasteiger partial charge in [0.05, 0.1) is 6.04 Å². The molecule has 0 bridgehead atoms. The van der Waals surface area contributed by atoms with Gasteiger partial charge in [-0.25, -0.2) is 0 Å². The number of benzene rings is 1. The highest BCUT2D eigenvalue weighted by Crippen LogP contribution is 2.31. The van der Waals surface area contributed by atoms with E-state index in [0.717, 1.165) is 24.9 Å². The zero-order chi connectivity index (χ0) is 15.6. The number of amides is 1. The molecule has 0 spiro atoms. The molecule has 1 aromatic carbocycles. The van der Waals surface area contributed by atoms with Gasteiger partial charge in [0.2, 0.25) is 5.91 Å². The van der Waals surface area contributed by atoms with Crippen LogP contribution >= 0.6 is 23.2 Å². The summed E-state index contributed by atoms with van der Waals surface area (Å²) in [6.45, 7) is 5.67. The zero-order valence-electron chi connectivity index (χ0n) is 12.7. The van der Waals surface area contributed by atoms with Gasteiger partial charge in [-0.15, -0.1) is 0 Å². The molecule has 0 radical (unpaired) electrons. The van der Waals surface area contributed by atoms with E-state index in [9.17, 15) is 4.79 Å². The van der Waals surface area contributed by atoms with Crippen LogP contribution in [0.15, 0.2) is 18.2 Å². The summed E-state index contributed by atoms with van der Waals surface area (Å²) in [5.74, 6) is 0.116. The van der Waals surface area contributed by atoms with E-state index in [1.807, 2.05) is 13.1 Å². The first kappa shape index (κ1) is 16.6. The molecule has 1 aliphatic heterocycles. The van der Waals surface area contributed by atoms with Crippen molar-refractivity contribution in [2.45, 2.75) is 39.3 Å². The SMILES string of the molecule is CN(Cc1ccc(Cl)cc1Cl)C(=O)C1NCCCC1(C)C. The summed E-state index contributed by atoms with van der Waals surface area (Å²) in [6.07, 6.45) is 2.18. The molecule has 0 aliphatic carbocycles. The molecular formula is C16H22Cl2N2O. The van der Waals surface area contributed by atoms with Gasteiger partial charge >= 0.3 is 0 Å². The molecule has 2 rings (SSSR count). The van der Waals surface area contributed by atoms with Crippen LogP contribution < -0.4 is 5.32 Å². The minimum atomic E-state index is -0.137. The van der Waals surface area contributed by atoms with Crippen LogP contribution in [0.1, 0.15) is 32.3 Å². The number of nitrogens with one attached hydrogen (secondary N) is 1. The molecule has 5 heteroatoms. The van der Waals surface area contributed by atoms with Crippen molar-refractivity contribution >= 4 is 29.1 Å². The summed E-state index contributed by atoms with van der Waals surface area (Å²) in [5, 5.41) is 4.55. The van der Waals surface area contributed by atoms with Gasteiger partial charge in [0.1, 0.15) is 0 Å². The summed E-state index contributed by atoms with van der Waals surface area (Å²) in [5.41, 5.74) is 0.887. The van der Waals surface area contributed by atoms with Crippen molar-refractivity contribution in [3.8, 4) is 0 Å². The van der Waals surface area contributed by atoms with E-state index in [0.29, 0.717) is 16.6 Å². The maximum absolute atomic E-state index is 12.7. The molecule has 1 aromatic rings. The number of rotatable bonds is 3. The van der Waals surface area contributed by atoms with Gasteiger partial charge in [-0.2, -0.15) is 0 Å². The van der Waals surface area contributed by atoms with Crippen LogP contribution in [0.4, 0.5) is 0 Å². The van der Waals surface area contributed by atoms with Crippen molar-refractivity contribution in [1.82, 2.24) is 10.2 Å². The van der Waals surface area contributed by atoms with E-state index < -0.39 is 0 Å². The Balaban J connectivity index is 2.08. The first-order valence-corrected chi connectivity index (χ1v) is 7.99. The molecule has 1 heterocycles. The lowest BCUT2D eigenvalue weighted by Crippen LogP contribution is -2.55. The quantitative estimate of drug-likeness (QED) is 0.916. The molecule has 3 nitrogen and oxygen atoms in total. The smallest absolute Gasteiger partial charge is 0.240 e. The Morgan fingerprint density at radius 3 is 2.76 bits per heavy atom. The lowest BCUT2D eigenvalue weighted by Gasteiger charge is -2.40. The Hall–Kier alpha value is -0.770. The Bertz CT molecular complexity index is 531. The molecule has 1 saturated heterocycles. The Labute approximate surface area is 136 Å². The predicted molar refractivity (Wildman–Crippen MR) is 87.7 cm³/mol. The van der Waals surface area contributed by atoms with E-state index >= 15 is 0 Å². The number of nitrogens with zero attached hydrogens (tertiary/aromatic N) is 1. The highest BCUT2D eigenvalue weighted by molar-refractivity contribution is 6.35. The van der Waals surface area contributed by atoms with E-state index in [4.69, 9.17) is 23.2 Å². The van der Waals surface area contributed by atoms with Crippen molar-refractivity contribution in [2.75, 3.05) is 13.6 Å². The highest BCUT2D eigenvalue weighted by atomic mass is 35.5. The number of carbonyl (C=O) groups is 1. The minimum absolute atomic E-state index is 0.0205. The number of piperidine rings is 1. The molecule has 0 aromatic heterocycles. The van der Waals surface area contributed by atoms with Gasteiger partial charge in [-0.3, -0.25) is 4.79 Å². The maximum atomic E-state index is 12.7.